The Morgan fingerprint density at radius 1 is 0.692 bits per heavy atom. The lowest BCUT2D eigenvalue weighted by atomic mass is 9.47. The van der Waals surface area contributed by atoms with Gasteiger partial charge in [-0.25, -0.2) is 0 Å². The molecule has 1 spiro atoms. The van der Waals surface area contributed by atoms with E-state index in [1.165, 1.54) is 0 Å². The molecule has 5 heterocycles. The summed E-state index contributed by atoms with van der Waals surface area (Å²) in [7, 11) is 0. The molecule has 65 heavy (non-hydrogen) atoms. The lowest BCUT2D eigenvalue weighted by Crippen LogP contribution is -2.67. The van der Waals surface area contributed by atoms with Gasteiger partial charge in [-0.3, -0.25) is 4.79 Å². The third kappa shape index (κ3) is 7.82. The maximum absolute atomic E-state index is 14.5. The molecule has 0 radical (unpaired) electrons. The largest absolute Gasteiger partial charge is 0.394 e. The van der Waals surface area contributed by atoms with Crippen molar-refractivity contribution in [1.29, 1.82) is 0 Å². The maximum atomic E-state index is 14.5. The number of hydrogen-bond donors (Lipinski definition) is 11. The molecule has 0 unspecified atom stereocenters. The summed E-state index contributed by atoms with van der Waals surface area (Å²) < 4.78 is 48.3. The van der Waals surface area contributed by atoms with Crippen LogP contribution >= 0.6 is 0 Å². The molecule has 8 fully saturated rings. The second-order valence-electron chi connectivity index (χ2n) is 21.1. The van der Waals surface area contributed by atoms with E-state index in [4.69, 9.17) is 37.9 Å². The Balaban J connectivity index is 0.872. The number of ether oxygens (including phenoxy) is 8. The van der Waals surface area contributed by atoms with Crippen molar-refractivity contribution in [3.05, 3.63) is 11.6 Å². The monoisotopic (exact) mass is 930 g/mol. The number of rotatable bonds is 9. The molecule has 5 aliphatic heterocycles. The van der Waals surface area contributed by atoms with Gasteiger partial charge in [0.15, 0.2) is 30.4 Å². The molecule has 4 aliphatic carbocycles. The van der Waals surface area contributed by atoms with E-state index in [-0.39, 0.29) is 47.9 Å². The van der Waals surface area contributed by atoms with E-state index in [2.05, 4.69) is 27.7 Å². The Labute approximate surface area is 377 Å². The minimum absolute atomic E-state index is 0.00626. The molecule has 3 saturated carbocycles. The lowest BCUT2D eigenvalue weighted by Gasteiger charge is -2.57. The molecule has 370 valence electrons. The minimum atomic E-state index is -1.93. The topological polar surface area (TPSA) is 313 Å². The average Bonchev–Trinajstić information content (AvgIpc) is 3.73. The van der Waals surface area contributed by atoms with E-state index >= 15 is 0 Å². The van der Waals surface area contributed by atoms with E-state index in [0.29, 0.717) is 18.9 Å². The van der Waals surface area contributed by atoms with Crippen molar-refractivity contribution in [2.75, 3.05) is 26.4 Å². The Hall–Kier alpha value is -1.35. The summed E-state index contributed by atoms with van der Waals surface area (Å²) >= 11 is 0. The number of allylic oxidation sites excluding steroid dienone is 2. The zero-order valence-electron chi connectivity index (χ0n) is 37.3. The Kier molecular flexibility index (Phi) is 13.6. The van der Waals surface area contributed by atoms with Gasteiger partial charge in [0.1, 0.15) is 73.2 Å². The molecule has 0 bridgehead atoms. The predicted molar refractivity (Wildman–Crippen MR) is 217 cm³/mol. The number of ketones is 1. The maximum Gasteiger partial charge on any atom is 0.187 e. The second kappa shape index (κ2) is 18.1. The number of carbonyl (C=O) groups excluding carboxylic acids is 1. The SMILES string of the molecule is C[C@@H]1CC[C@@]2(OC1)O[C@H]1C[C@H]3[C@@H]4CC[C@H]5C[C@@H](O[C@@H]6O[C@H](CO)[C@H](O[C@@H]7O[C@H](CO)[C@@H](O)[C@H](O)[C@H]7O[C@@H]7O[C@H](CO)[C@@H](O)[C@H](O)[C@H]7O)[C@H](O)[C@H]6O)[C@H](O)C[C@]5(C)C4=CC(=O)[C@]3(C)[C@H]1[C@@H]2C. The van der Waals surface area contributed by atoms with Crippen LogP contribution in [0.3, 0.4) is 0 Å². The van der Waals surface area contributed by atoms with Crippen LogP contribution in [-0.2, 0) is 42.7 Å². The van der Waals surface area contributed by atoms with Gasteiger partial charge < -0.3 is 94.1 Å². The van der Waals surface area contributed by atoms with E-state index in [1.807, 2.05) is 6.08 Å². The Morgan fingerprint density at radius 2 is 1.29 bits per heavy atom. The quantitative estimate of drug-likeness (QED) is 0.105. The zero-order chi connectivity index (χ0) is 46.7. The summed E-state index contributed by atoms with van der Waals surface area (Å²) in [6, 6.07) is 0. The molecule has 5 saturated heterocycles. The van der Waals surface area contributed by atoms with Gasteiger partial charge in [0.2, 0.25) is 0 Å². The highest BCUT2D eigenvalue weighted by atomic mass is 16.8. The number of fused-ring (bicyclic) bond motifs is 7. The van der Waals surface area contributed by atoms with Crippen molar-refractivity contribution in [3.8, 4) is 0 Å². The highest BCUT2D eigenvalue weighted by Gasteiger charge is 2.71. The fourth-order valence-electron chi connectivity index (χ4n) is 13.8. The van der Waals surface area contributed by atoms with Crippen LogP contribution in [-0.4, -0.2) is 205 Å². The molecule has 27 atom stereocenters. The molecule has 11 N–H and O–H groups in total. The van der Waals surface area contributed by atoms with Gasteiger partial charge in [0, 0.05) is 23.7 Å². The summed E-state index contributed by atoms with van der Waals surface area (Å²) in [5.74, 6) is 0.251. The molecule has 0 aromatic rings. The Bertz CT molecular complexity index is 1740. The standard InChI is InChI=1S/C45H70O20/c1-17-7-8-45(58-16-17)18(2)30-25(65-45)10-22-20-6-5-19-9-24(23(49)12-43(19,3)21(20)11-29(50)44(22,30)4)59-40-37(57)35(55)38(28(15-48)62-40)63-42-39(34(54)32(52)27(14-47)61-42)64-41-36(56)33(53)31(51)26(13-46)60-41/h11,17-20,22-28,30-42,46-49,51-57H,5-10,12-16H2,1-4H3/t17-,18+,19+,20-,22+,23-,24-,25+,26-,27-,28-,30+,31-,32-,33+,34+,35-,36-,37-,38+,39-,40-,41+,42+,43+,44-,45-/m1/s1. The first-order valence-corrected chi connectivity index (χ1v) is 23.6. The van der Waals surface area contributed by atoms with Crippen molar-refractivity contribution in [2.24, 2.45) is 46.3 Å². The van der Waals surface area contributed by atoms with Gasteiger partial charge >= 0.3 is 0 Å². The molecular formula is C45H70O20. The fourth-order valence-corrected chi connectivity index (χ4v) is 13.8. The van der Waals surface area contributed by atoms with Crippen LogP contribution < -0.4 is 0 Å². The molecule has 0 amide bonds. The number of carbonyl (C=O) groups is 1. The molecule has 9 aliphatic rings. The summed E-state index contributed by atoms with van der Waals surface area (Å²) in [4.78, 5) is 14.5. The van der Waals surface area contributed by atoms with Crippen LogP contribution in [0.4, 0.5) is 0 Å². The van der Waals surface area contributed by atoms with E-state index in [1.54, 1.807) is 0 Å². The predicted octanol–water partition coefficient (Wildman–Crippen LogP) is -2.66. The molecule has 0 aromatic carbocycles. The van der Waals surface area contributed by atoms with Crippen molar-refractivity contribution >= 4 is 5.78 Å². The van der Waals surface area contributed by atoms with Crippen LogP contribution in [0.5, 0.6) is 0 Å². The second-order valence-corrected chi connectivity index (χ2v) is 21.1. The van der Waals surface area contributed by atoms with E-state index < -0.39 is 141 Å². The summed E-state index contributed by atoms with van der Waals surface area (Å²) in [6.45, 7) is 6.86. The number of aliphatic hydroxyl groups excluding tert-OH is 11. The first kappa shape index (κ1) is 48.7. The smallest absolute Gasteiger partial charge is 0.187 e. The zero-order valence-corrected chi connectivity index (χ0v) is 37.3. The van der Waals surface area contributed by atoms with Crippen molar-refractivity contribution in [1.82, 2.24) is 0 Å². The van der Waals surface area contributed by atoms with Crippen LogP contribution in [0.1, 0.15) is 72.6 Å². The van der Waals surface area contributed by atoms with Crippen molar-refractivity contribution < 1.29 is 98.9 Å². The minimum Gasteiger partial charge on any atom is -0.394 e. The fraction of sp³-hybridized carbons (Fsp3) is 0.933. The lowest BCUT2D eigenvalue weighted by molar-refractivity contribution is -0.391. The number of aliphatic hydroxyl groups is 11. The molecule has 0 aromatic heterocycles. The third-order valence-electron chi connectivity index (χ3n) is 17.6. The van der Waals surface area contributed by atoms with Crippen molar-refractivity contribution in [2.45, 2.75) is 189 Å². The highest BCUT2D eigenvalue weighted by molar-refractivity contribution is 5.97. The first-order valence-electron chi connectivity index (χ1n) is 23.6. The van der Waals surface area contributed by atoms with Gasteiger partial charge in [-0.2, -0.15) is 0 Å². The average molecular weight is 931 g/mol. The van der Waals surface area contributed by atoms with Gasteiger partial charge in [0.25, 0.3) is 0 Å². The number of hydrogen-bond acceptors (Lipinski definition) is 20. The van der Waals surface area contributed by atoms with Gasteiger partial charge in [-0.05, 0) is 73.7 Å². The summed E-state index contributed by atoms with van der Waals surface area (Å²) in [6.07, 6.45) is -21.1. The molecular weight excluding hydrogens is 860 g/mol. The van der Waals surface area contributed by atoms with Gasteiger partial charge in [-0.1, -0.05) is 33.3 Å². The van der Waals surface area contributed by atoms with Crippen LogP contribution in [0.25, 0.3) is 0 Å². The molecule has 20 heteroatoms. The van der Waals surface area contributed by atoms with Gasteiger partial charge in [-0.15, -0.1) is 0 Å². The van der Waals surface area contributed by atoms with Crippen LogP contribution in [0.2, 0.25) is 0 Å². The van der Waals surface area contributed by atoms with E-state index in [0.717, 1.165) is 37.7 Å². The van der Waals surface area contributed by atoms with Crippen molar-refractivity contribution in [3.63, 3.8) is 0 Å². The normalized spacial score (nSPS) is 56.7. The summed E-state index contributed by atoms with van der Waals surface area (Å²) in [5.41, 5.74) is -0.0583. The van der Waals surface area contributed by atoms with E-state index in [9.17, 15) is 61.0 Å². The highest BCUT2D eigenvalue weighted by Crippen LogP contribution is 2.69. The Morgan fingerprint density at radius 3 is 1.95 bits per heavy atom. The summed E-state index contributed by atoms with van der Waals surface area (Å²) in [5, 5.41) is 118. The van der Waals surface area contributed by atoms with Crippen LogP contribution in [0.15, 0.2) is 11.6 Å². The third-order valence-corrected chi connectivity index (χ3v) is 17.6. The molecule has 9 rings (SSSR count). The first-order chi connectivity index (χ1) is 30.8. The van der Waals surface area contributed by atoms with Gasteiger partial charge in [0.05, 0.1) is 44.7 Å². The van der Waals surface area contributed by atoms with Crippen LogP contribution in [0, 0.1) is 46.3 Å². The molecule has 20 nitrogen and oxygen atoms in total.